The monoisotopic (exact) mass is 257 g/mol. The van der Waals surface area contributed by atoms with Gasteiger partial charge in [-0.05, 0) is 25.5 Å². The van der Waals surface area contributed by atoms with Crippen molar-refractivity contribution in [3.63, 3.8) is 0 Å². The summed E-state index contributed by atoms with van der Waals surface area (Å²) in [5.74, 6) is -0.639. The molecule has 0 bridgehead atoms. The maximum atomic E-state index is 13.4. The lowest BCUT2D eigenvalue weighted by Crippen LogP contribution is -2.18. The highest BCUT2D eigenvalue weighted by molar-refractivity contribution is 8.13. The average molecular weight is 257 g/mol. The highest BCUT2D eigenvalue weighted by atomic mass is 32.2. The van der Waals surface area contributed by atoms with Crippen molar-refractivity contribution in [3.8, 4) is 0 Å². The number of rotatable bonds is 2. The summed E-state index contributed by atoms with van der Waals surface area (Å²) in [6, 6.07) is 3.61. The number of nitrogens with zero attached hydrogens (tertiary/aromatic N) is 1. The van der Waals surface area contributed by atoms with Gasteiger partial charge in [-0.15, -0.1) is 11.8 Å². The van der Waals surface area contributed by atoms with Crippen molar-refractivity contribution < 1.29 is 13.6 Å². The molecule has 1 aromatic rings. The van der Waals surface area contributed by atoms with Gasteiger partial charge in [-0.2, -0.15) is 0 Å². The van der Waals surface area contributed by atoms with E-state index in [9.17, 15) is 8.78 Å². The van der Waals surface area contributed by atoms with Gasteiger partial charge in [0.2, 0.25) is 0 Å². The Morgan fingerprint density at radius 3 is 2.76 bits per heavy atom. The third-order valence-corrected chi connectivity index (χ3v) is 3.39. The minimum atomic E-state index is -0.557. The van der Waals surface area contributed by atoms with Gasteiger partial charge < -0.3 is 4.84 Å². The van der Waals surface area contributed by atoms with Gasteiger partial charge in [0.05, 0.1) is 0 Å². The topological polar surface area (TPSA) is 21.6 Å². The van der Waals surface area contributed by atoms with Crippen LogP contribution in [0.2, 0.25) is 0 Å². The maximum Gasteiger partial charge on any atom is 0.138 e. The molecule has 5 heteroatoms. The molecule has 1 aliphatic heterocycles. The fourth-order valence-corrected chi connectivity index (χ4v) is 2.58. The van der Waals surface area contributed by atoms with Crippen molar-refractivity contribution in [2.75, 3.05) is 0 Å². The normalized spacial score (nSPS) is 17.8. The first kappa shape index (κ1) is 12.4. The van der Waals surface area contributed by atoms with Crippen molar-refractivity contribution in [2.45, 2.75) is 31.6 Å². The molecule has 0 N–H and O–H groups in total. The van der Waals surface area contributed by atoms with Crippen LogP contribution in [0.3, 0.4) is 0 Å². The quantitative estimate of drug-likeness (QED) is 0.805. The Bertz CT molecular complexity index is 460. The molecule has 0 spiro atoms. The highest BCUT2D eigenvalue weighted by Crippen LogP contribution is 2.29. The summed E-state index contributed by atoms with van der Waals surface area (Å²) in [4.78, 5) is 5.20. The highest BCUT2D eigenvalue weighted by Gasteiger charge is 2.29. The summed E-state index contributed by atoms with van der Waals surface area (Å²) in [7, 11) is 0. The molecule has 2 nitrogen and oxygen atoms in total. The molecule has 0 aliphatic carbocycles. The van der Waals surface area contributed by atoms with Gasteiger partial charge in [-0.25, -0.2) is 8.78 Å². The molecule has 0 amide bonds. The second-order valence-electron chi connectivity index (χ2n) is 4.54. The zero-order valence-corrected chi connectivity index (χ0v) is 10.5. The lowest BCUT2D eigenvalue weighted by Gasteiger charge is -2.13. The fraction of sp³-hybridized carbons (Fsp3) is 0.417. The minimum absolute atomic E-state index is 0.274. The van der Waals surface area contributed by atoms with E-state index in [0.717, 1.165) is 17.5 Å². The standard InChI is InChI=1S/C12H13F2NOS/c1-12(2)6-11(15-16-12)17-7-8-3-4-9(13)5-10(8)14/h3-5H,6-7H2,1-2H3. The number of hydrogen-bond acceptors (Lipinski definition) is 3. The second kappa shape index (κ2) is 4.64. The molecule has 1 aliphatic rings. The number of hydrogen-bond donors (Lipinski definition) is 0. The molecule has 0 aromatic heterocycles. The fourth-order valence-electron chi connectivity index (χ4n) is 1.48. The van der Waals surface area contributed by atoms with E-state index in [2.05, 4.69) is 5.16 Å². The number of oxime groups is 1. The lowest BCUT2D eigenvalue weighted by atomic mass is 10.1. The Labute approximate surface area is 103 Å². The van der Waals surface area contributed by atoms with E-state index in [1.807, 2.05) is 13.8 Å². The molecule has 17 heavy (non-hydrogen) atoms. The molecule has 92 valence electrons. The first-order chi connectivity index (χ1) is 7.96. The summed E-state index contributed by atoms with van der Waals surface area (Å²) in [6.45, 7) is 3.89. The largest absolute Gasteiger partial charge is 0.389 e. The zero-order valence-electron chi connectivity index (χ0n) is 9.67. The molecule has 0 unspecified atom stereocenters. The SMILES string of the molecule is CC1(C)CC(SCc2ccc(F)cc2F)=NO1. The van der Waals surface area contributed by atoms with Gasteiger partial charge >= 0.3 is 0 Å². The number of halogens is 2. The van der Waals surface area contributed by atoms with Crippen LogP contribution in [0.25, 0.3) is 0 Å². The summed E-state index contributed by atoms with van der Waals surface area (Å²) >= 11 is 1.42. The third-order valence-electron chi connectivity index (χ3n) is 2.38. The summed E-state index contributed by atoms with van der Waals surface area (Å²) in [5.41, 5.74) is 0.202. The maximum absolute atomic E-state index is 13.4. The van der Waals surface area contributed by atoms with Crippen LogP contribution in [0, 0.1) is 11.6 Å². The molecule has 1 aromatic carbocycles. The molecule has 0 atom stereocenters. The van der Waals surface area contributed by atoms with Crippen molar-refractivity contribution in [1.82, 2.24) is 0 Å². The van der Waals surface area contributed by atoms with E-state index < -0.39 is 11.6 Å². The smallest absolute Gasteiger partial charge is 0.138 e. The molecule has 0 saturated heterocycles. The molecular formula is C12H13F2NOS. The van der Waals surface area contributed by atoms with Gasteiger partial charge in [0, 0.05) is 18.2 Å². The Morgan fingerprint density at radius 2 is 2.18 bits per heavy atom. The second-order valence-corrected chi connectivity index (χ2v) is 5.59. The van der Waals surface area contributed by atoms with E-state index in [0.29, 0.717) is 11.3 Å². The minimum Gasteiger partial charge on any atom is -0.389 e. The van der Waals surface area contributed by atoms with Crippen LogP contribution in [0.4, 0.5) is 8.78 Å². The Balaban J connectivity index is 1.95. The molecule has 2 rings (SSSR count). The van der Waals surface area contributed by atoms with E-state index in [-0.39, 0.29) is 5.60 Å². The van der Waals surface area contributed by atoms with Gasteiger partial charge in [-0.3, -0.25) is 0 Å². The summed E-state index contributed by atoms with van der Waals surface area (Å²) in [6.07, 6.45) is 0.723. The Morgan fingerprint density at radius 1 is 1.41 bits per heavy atom. The van der Waals surface area contributed by atoms with Crippen LogP contribution >= 0.6 is 11.8 Å². The van der Waals surface area contributed by atoms with Crippen LogP contribution < -0.4 is 0 Å². The van der Waals surface area contributed by atoms with E-state index in [4.69, 9.17) is 4.84 Å². The first-order valence-electron chi connectivity index (χ1n) is 5.28. The van der Waals surface area contributed by atoms with Gasteiger partial charge in [0.15, 0.2) is 0 Å². The van der Waals surface area contributed by atoms with Crippen molar-refractivity contribution in [1.29, 1.82) is 0 Å². The van der Waals surface area contributed by atoms with Crippen LogP contribution in [-0.4, -0.2) is 10.6 Å². The number of thioether (sulfide) groups is 1. The molecule has 1 heterocycles. The van der Waals surface area contributed by atoms with Crippen molar-refractivity contribution in [3.05, 3.63) is 35.4 Å². The van der Waals surface area contributed by atoms with E-state index in [1.54, 1.807) is 0 Å². The van der Waals surface area contributed by atoms with E-state index >= 15 is 0 Å². The molecule has 0 saturated carbocycles. The molecule has 0 fully saturated rings. The summed E-state index contributed by atoms with van der Waals surface area (Å²) < 4.78 is 26.1. The Hall–Kier alpha value is -1.10. The predicted molar refractivity (Wildman–Crippen MR) is 64.9 cm³/mol. The van der Waals surface area contributed by atoms with Gasteiger partial charge in [0.25, 0.3) is 0 Å². The zero-order chi connectivity index (χ0) is 12.5. The summed E-state index contributed by atoms with van der Waals surface area (Å²) in [5, 5.41) is 4.78. The van der Waals surface area contributed by atoms with Crippen LogP contribution in [-0.2, 0) is 10.6 Å². The van der Waals surface area contributed by atoms with Gasteiger partial charge in [0.1, 0.15) is 22.3 Å². The van der Waals surface area contributed by atoms with Crippen LogP contribution in [0.5, 0.6) is 0 Å². The predicted octanol–water partition coefficient (Wildman–Crippen LogP) is 3.71. The lowest BCUT2D eigenvalue weighted by molar-refractivity contribution is 0.0123. The van der Waals surface area contributed by atoms with Crippen LogP contribution in [0.1, 0.15) is 25.8 Å². The van der Waals surface area contributed by atoms with Crippen molar-refractivity contribution in [2.24, 2.45) is 5.16 Å². The third kappa shape index (κ3) is 3.19. The van der Waals surface area contributed by atoms with Crippen molar-refractivity contribution >= 4 is 16.8 Å². The number of benzene rings is 1. The van der Waals surface area contributed by atoms with Gasteiger partial charge in [-0.1, -0.05) is 11.2 Å². The molecule has 0 radical (unpaired) electrons. The van der Waals surface area contributed by atoms with Crippen LogP contribution in [0.15, 0.2) is 23.4 Å². The molecular weight excluding hydrogens is 244 g/mol. The first-order valence-corrected chi connectivity index (χ1v) is 6.27. The van der Waals surface area contributed by atoms with E-state index in [1.165, 1.54) is 23.9 Å². The Kier molecular flexibility index (Phi) is 3.38. The average Bonchev–Trinajstić information content (AvgIpc) is 2.57.